The molecule has 0 aliphatic carbocycles. The number of benzene rings is 1. The van der Waals surface area contributed by atoms with E-state index in [-0.39, 0.29) is 11.4 Å². The number of nitrogens with zero attached hydrogens (tertiary/aromatic N) is 2. The second-order valence-electron chi connectivity index (χ2n) is 4.27. The fraction of sp³-hybridized carbons (Fsp3) is 0.0769. The summed E-state index contributed by atoms with van der Waals surface area (Å²) < 4.78 is 1.31. The molecule has 6 nitrogen and oxygen atoms in total. The SMILES string of the molecule is Cn1nc(-c2cc3cccc(O)c3[nH]2)cc1C(=O)O. The first-order valence-electron chi connectivity index (χ1n) is 5.64. The Bertz CT molecular complexity index is 786. The molecule has 0 saturated heterocycles. The molecule has 3 rings (SSSR count). The van der Waals surface area contributed by atoms with Gasteiger partial charge in [-0.1, -0.05) is 12.1 Å². The van der Waals surface area contributed by atoms with E-state index < -0.39 is 5.97 Å². The van der Waals surface area contributed by atoms with Crippen molar-refractivity contribution in [3.8, 4) is 17.1 Å². The molecular formula is C13H11N3O3. The highest BCUT2D eigenvalue weighted by Gasteiger charge is 2.14. The van der Waals surface area contributed by atoms with Gasteiger partial charge in [-0.25, -0.2) is 4.79 Å². The fourth-order valence-corrected chi connectivity index (χ4v) is 2.08. The van der Waals surface area contributed by atoms with Crippen molar-refractivity contribution in [3.05, 3.63) is 36.0 Å². The van der Waals surface area contributed by atoms with E-state index in [1.54, 1.807) is 19.2 Å². The maximum Gasteiger partial charge on any atom is 0.354 e. The van der Waals surface area contributed by atoms with Gasteiger partial charge in [0.05, 0.1) is 11.2 Å². The van der Waals surface area contributed by atoms with E-state index in [0.29, 0.717) is 16.9 Å². The number of carboxylic acids is 1. The summed E-state index contributed by atoms with van der Waals surface area (Å²) in [6.45, 7) is 0. The monoisotopic (exact) mass is 257 g/mol. The zero-order valence-corrected chi connectivity index (χ0v) is 10.1. The molecule has 0 aliphatic rings. The van der Waals surface area contributed by atoms with E-state index in [2.05, 4.69) is 10.1 Å². The number of aromatic nitrogens is 3. The van der Waals surface area contributed by atoms with E-state index >= 15 is 0 Å². The van der Waals surface area contributed by atoms with Gasteiger partial charge >= 0.3 is 5.97 Å². The maximum absolute atomic E-state index is 11.0. The Balaban J connectivity index is 2.17. The molecule has 3 aromatic rings. The smallest absolute Gasteiger partial charge is 0.354 e. The maximum atomic E-state index is 11.0. The lowest BCUT2D eigenvalue weighted by atomic mass is 10.2. The fourth-order valence-electron chi connectivity index (χ4n) is 2.08. The molecule has 0 aliphatic heterocycles. The number of aromatic amines is 1. The van der Waals surface area contributed by atoms with Crippen LogP contribution in [0.5, 0.6) is 5.75 Å². The third kappa shape index (κ3) is 1.74. The molecule has 19 heavy (non-hydrogen) atoms. The van der Waals surface area contributed by atoms with E-state index in [1.165, 1.54) is 10.7 Å². The van der Waals surface area contributed by atoms with Crippen LogP contribution < -0.4 is 0 Å². The Morgan fingerprint density at radius 1 is 1.37 bits per heavy atom. The summed E-state index contributed by atoms with van der Waals surface area (Å²) in [7, 11) is 1.58. The number of carboxylic acid groups (broad SMARTS) is 1. The summed E-state index contributed by atoms with van der Waals surface area (Å²) in [4.78, 5) is 14.0. The van der Waals surface area contributed by atoms with Crippen molar-refractivity contribution in [1.29, 1.82) is 0 Å². The first-order valence-corrected chi connectivity index (χ1v) is 5.64. The van der Waals surface area contributed by atoms with Gasteiger partial charge in [0.25, 0.3) is 0 Å². The highest BCUT2D eigenvalue weighted by atomic mass is 16.4. The van der Waals surface area contributed by atoms with Gasteiger partial charge in [-0.05, 0) is 12.1 Å². The van der Waals surface area contributed by atoms with Crippen LogP contribution >= 0.6 is 0 Å². The Morgan fingerprint density at radius 2 is 2.16 bits per heavy atom. The van der Waals surface area contributed by atoms with Crippen molar-refractivity contribution in [2.24, 2.45) is 7.05 Å². The number of H-pyrrole nitrogens is 1. The predicted molar refractivity (Wildman–Crippen MR) is 69.1 cm³/mol. The van der Waals surface area contributed by atoms with Gasteiger partial charge in [0, 0.05) is 18.5 Å². The number of carbonyl (C=O) groups is 1. The predicted octanol–water partition coefficient (Wildman–Crippen LogP) is 1.97. The largest absolute Gasteiger partial charge is 0.506 e. The van der Waals surface area contributed by atoms with E-state index in [1.807, 2.05) is 12.1 Å². The lowest BCUT2D eigenvalue weighted by molar-refractivity contribution is 0.0685. The molecule has 6 heteroatoms. The molecule has 0 spiro atoms. The number of phenols is 1. The summed E-state index contributed by atoms with van der Waals surface area (Å²) in [5.41, 5.74) is 1.91. The van der Waals surface area contributed by atoms with Gasteiger partial charge in [0.1, 0.15) is 17.1 Å². The minimum atomic E-state index is -1.03. The topological polar surface area (TPSA) is 91.1 Å². The number of fused-ring (bicyclic) bond motifs is 1. The number of aromatic hydroxyl groups is 1. The first kappa shape index (κ1) is 11.3. The van der Waals surface area contributed by atoms with Gasteiger partial charge in [-0.15, -0.1) is 0 Å². The van der Waals surface area contributed by atoms with Gasteiger partial charge in [-0.3, -0.25) is 4.68 Å². The average molecular weight is 257 g/mol. The number of para-hydroxylation sites is 1. The molecule has 2 aromatic heterocycles. The molecule has 2 heterocycles. The number of hydrogen-bond donors (Lipinski definition) is 3. The van der Waals surface area contributed by atoms with Gasteiger partial charge in [0.2, 0.25) is 0 Å². The van der Waals surface area contributed by atoms with Gasteiger partial charge in [0.15, 0.2) is 0 Å². The molecule has 0 fully saturated rings. The van der Waals surface area contributed by atoms with Gasteiger partial charge in [-0.2, -0.15) is 5.10 Å². The lowest BCUT2D eigenvalue weighted by Gasteiger charge is -1.92. The van der Waals surface area contributed by atoms with E-state index in [4.69, 9.17) is 5.11 Å². The highest BCUT2D eigenvalue weighted by Crippen LogP contribution is 2.28. The van der Waals surface area contributed by atoms with Crippen LogP contribution in [0.1, 0.15) is 10.5 Å². The minimum absolute atomic E-state index is 0.109. The second kappa shape index (κ2) is 3.88. The van der Waals surface area contributed by atoms with Crippen molar-refractivity contribution >= 4 is 16.9 Å². The highest BCUT2D eigenvalue weighted by molar-refractivity contribution is 5.91. The molecule has 0 amide bonds. The van der Waals surface area contributed by atoms with Crippen molar-refractivity contribution < 1.29 is 15.0 Å². The third-order valence-corrected chi connectivity index (χ3v) is 3.01. The van der Waals surface area contributed by atoms with Crippen molar-refractivity contribution in [2.75, 3.05) is 0 Å². The Labute approximate surface area is 107 Å². The Morgan fingerprint density at radius 3 is 2.79 bits per heavy atom. The number of aromatic carboxylic acids is 1. The molecule has 96 valence electrons. The van der Waals surface area contributed by atoms with Crippen LogP contribution in [0.2, 0.25) is 0 Å². The molecule has 1 aromatic carbocycles. The Hall–Kier alpha value is -2.76. The third-order valence-electron chi connectivity index (χ3n) is 3.01. The number of aryl methyl sites for hydroxylation is 1. The van der Waals surface area contributed by atoms with E-state index in [0.717, 1.165) is 5.39 Å². The molecule has 0 radical (unpaired) electrons. The number of phenolic OH excluding ortho intramolecular Hbond substituents is 1. The van der Waals surface area contributed by atoms with Crippen LogP contribution in [0.3, 0.4) is 0 Å². The van der Waals surface area contributed by atoms with Crippen molar-refractivity contribution in [2.45, 2.75) is 0 Å². The zero-order valence-electron chi connectivity index (χ0n) is 10.1. The summed E-state index contributed by atoms with van der Waals surface area (Å²) in [6.07, 6.45) is 0. The minimum Gasteiger partial charge on any atom is -0.506 e. The van der Waals surface area contributed by atoms with Gasteiger partial charge < -0.3 is 15.2 Å². The van der Waals surface area contributed by atoms with Crippen molar-refractivity contribution in [3.63, 3.8) is 0 Å². The van der Waals surface area contributed by atoms with Crippen LogP contribution in [-0.4, -0.2) is 30.9 Å². The molecule has 3 N–H and O–H groups in total. The second-order valence-corrected chi connectivity index (χ2v) is 4.27. The standard InChI is InChI=1S/C13H11N3O3/c1-16-10(13(18)19)6-9(15-16)8-5-7-3-2-4-11(17)12(7)14-8/h2-6,14,17H,1H3,(H,18,19). The molecule has 0 unspecified atom stereocenters. The molecule has 0 bridgehead atoms. The first-order chi connectivity index (χ1) is 9.06. The lowest BCUT2D eigenvalue weighted by Crippen LogP contribution is -2.04. The number of hydrogen-bond acceptors (Lipinski definition) is 3. The van der Waals surface area contributed by atoms with E-state index in [9.17, 15) is 9.90 Å². The normalized spacial score (nSPS) is 11.0. The quantitative estimate of drug-likeness (QED) is 0.654. The number of rotatable bonds is 2. The summed E-state index contributed by atoms with van der Waals surface area (Å²) in [5.74, 6) is -0.877. The van der Waals surface area contributed by atoms with Crippen LogP contribution in [0, 0.1) is 0 Å². The Kier molecular flexibility index (Phi) is 2.31. The molecule has 0 saturated carbocycles. The van der Waals surface area contributed by atoms with Crippen LogP contribution in [-0.2, 0) is 7.05 Å². The molecular weight excluding hydrogens is 246 g/mol. The molecule has 0 atom stereocenters. The van der Waals surface area contributed by atoms with Crippen LogP contribution in [0.25, 0.3) is 22.3 Å². The summed E-state index contributed by atoms with van der Waals surface area (Å²) in [5, 5.41) is 23.7. The summed E-state index contributed by atoms with van der Waals surface area (Å²) in [6, 6.07) is 8.50. The zero-order chi connectivity index (χ0) is 13.6. The number of nitrogens with one attached hydrogen (secondary N) is 1. The average Bonchev–Trinajstić information content (AvgIpc) is 2.93. The van der Waals surface area contributed by atoms with Crippen LogP contribution in [0.4, 0.5) is 0 Å². The summed E-state index contributed by atoms with van der Waals surface area (Å²) >= 11 is 0. The van der Waals surface area contributed by atoms with Crippen molar-refractivity contribution in [1.82, 2.24) is 14.8 Å². The van der Waals surface area contributed by atoms with Crippen LogP contribution in [0.15, 0.2) is 30.3 Å².